The number of sulfonamides is 1. The highest BCUT2D eigenvalue weighted by atomic mass is 32.2. The molecule has 7 nitrogen and oxygen atoms in total. The third-order valence-corrected chi connectivity index (χ3v) is 4.03. The van der Waals surface area contributed by atoms with Crippen molar-refractivity contribution >= 4 is 15.7 Å². The van der Waals surface area contributed by atoms with Crippen LogP contribution in [0.15, 0.2) is 35.5 Å². The van der Waals surface area contributed by atoms with Crippen LogP contribution in [0.2, 0.25) is 0 Å². The second-order valence-corrected chi connectivity index (χ2v) is 6.23. The molecule has 0 aliphatic heterocycles. The van der Waals surface area contributed by atoms with Gasteiger partial charge in [0, 0.05) is 19.4 Å². The number of anilines is 1. The van der Waals surface area contributed by atoms with E-state index in [0.29, 0.717) is 11.4 Å². The van der Waals surface area contributed by atoms with Gasteiger partial charge in [-0.05, 0) is 25.1 Å². The van der Waals surface area contributed by atoms with E-state index in [1.807, 2.05) is 24.7 Å². The van der Waals surface area contributed by atoms with E-state index in [9.17, 15) is 8.42 Å². The molecule has 0 aliphatic rings. The average Bonchev–Trinajstić information content (AvgIpc) is 2.84. The van der Waals surface area contributed by atoms with Gasteiger partial charge >= 0.3 is 0 Å². The van der Waals surface area contributed by atoms with Crippen molar-refractivity contribution in [2.24, 2.45) is 12.2 Å². The largest absolute Gasteiger partial charge is 0.495 e. The van der Waals surface area contributed by atoms with Crippen LogP contribution >= 0.6 is 0 Å². The van der Waals surface area contributed by atoms with E-state index in [-0.39, 0.29) is 10.9 Å². The summed E-state index contributed by atoms with van der Waals surface area (Å²) in [5.74, 6) is 1.35. The molecule has 0 saturated heterocycles. The summed E-state index contributed by atoms with van der Waals surface area (Å²) < 4.78 is 30.0. The molecule has 114 valence electrons. The molecule has 3 N–H and O–H groups in total. The molecule has 2 aromatic rings. The van der Waals surface area contributed by atoms with Crippen LogP contribution in [0.5, 0.6) is 5.75 Å². The first kappa shape index (κ1) is 15.3. The van der Waals surface area contributed by atoms with Crippen LogP contribution in [0.4, 0.5) is 5.69 Å². The number of nitrogens with one attached hydrogen (secondary N) is 1. The third kappa shape index (κ3) is 3.34. The fraction of sp³-hybridized carbons (Fsp3) is 0.308. The van der Waals surface area contributed by atoms with Gasteiger partial charge in [-0.25, -0.2) is 18.5 Å². The van der Waals surface area contributed by atoms with Gasteiger partial charge in [0.25, 0.3) is 0 Å². The molecule has 0 radical (unpaired) electrons. The zero-order valence-electron chi connectivity index (χ0n) is 12.1. The van der Waals surface area contributed by atoms with Crippen molar-refractivity contribution in [3.63, 3.8) is 0 Å². The van der Waals surface area contributed by atoms with Crippen molar-refractivity contribution in [1.82, 2.24) is 9.55 Å². The Bertz CT molecular complexity index is 740. The van der Waals surface area contributed by atoms with Gasteiger partial charge in [-0.1, -0.05) is 0 Å². The fourth-order valence-electron chi connectivity index (χ4n) is 2.07. The number of nitrogens with two attached hydrogens (primary N) is 1. The minimum Gasteiger partial charge on any atom is -0.495 e. The van der Waals surface area contributed by atoms with E-state index in [4.69, 9.17) is 9.88 Å². The van der Waals surface area contributed by atoms with Gasteiger partial charge in [0.15, 0.2) is 0 Å². The Morgan fingerprint density at radius 2 is 2.14 bits per heavy atom. The Morgan fingerprint density at radius 3 is 2.67 bits per heavy atom. The summed E-state index contributed by atoms with van der Waals surface area (Å²) in [7, 11) is -0.361. The molecule has 1 heterocycles. The minimum absolute atomic E-state index is 0.0258. The van der Waals surface area contributed by atoms with Crippen molar-refractivity contribution in [1.29, 1.82) is 0 Å². The maximum absolute atomic E-state index is 11.4. The summed E-state index contributed by atoms with van der Waals surface area (Å²) in [6.45, 7) is 1.92. The lowest BCUT2D eigenvalue weighted by Crippen LogP contribution is -2.15. The van der Waals surface area contributed by atoms with Crippen LogP contribution in [-0.4, -0.2) is 25.1 Å². The number of methoxy groups -OCH3 is 1. The summed E-state index contributed by atoms with van der Waals surface area (Å²) in [5.41, 5.74) is 0.541. The second kappa shape index (κ2) is 5.74. The number of ether oxygens (including phenoxy) is 1. The number of rotatable bonds is 5. The van der Waals surface area contributed by atoms with Crippen LogP contribution in [0, 0.1) is 0 Å². The van der Waals surface area contributed by atoms with Crippen LogP contribution in [0.25, 0.3) is 0 Å². The summed E-state index contributed by atoms with van der Waals surface area (Å²) >= 11 is 0. The summed E-state index contributed by atoms with van der Waals surface area (Å²) in [6.07, 6.45) is 3.54. The molecule has 0 fully saturated rings. The van der Waals surface area contributed by atoms with Crippen molar-refractivity contribution < 1.29 is 13.2 Å². The van der Waals surface area contributed by atoms with Crippen molar-refractivity contribution in [2.45, 2.75) is 17.9 Å². The standard InChI is InChI=1S/C13H18N4O3S/c1-9(13-15-6-7-17(13)2)16-11-8-10(21(14,18)19)4-5-12(11)20-3/h4-9,16H,1-3H3,(H2,14,18,19). The maximum atomic E-state index is 11.4. The predicted octanol–water partition coefficient (Wildman–Crippen LogP) is 1.25. The molecular weight excluding hydrogens is 292 g/mol. The first-order valence-electron chi connectivity index (χ1n) is 6.27. The maximum Gasteiger partial charge on any atom is 0.238 e. The predicted molar refractivity (Wildman–Crippen MR) is 79.6 cm³/mol. The molecule has 1 unspecified atom stereocenters. The summed E-state index contributed by atoms with van der Waals surface area (Å²) in [4.78, 5) is 4.28. The molecule has 21 heavy (non-hydrogen) atoms. The van der Waals surface area contributed by atoms with E-state index in [0.717, 1.165) is 5.82 Å². The van der Waals surface area contributed by atoms with Gasteiger partial charge in [0.1, 0.15) is 11.6 Å². The topological polar surface area (TPSA) is 99.2 Å². The highest BCUT2D eigenvalue weighted by Gasteiger charge is 2.16. The molecule has 1 aromatic carbocycles. The van der Waals surface area contributed by atoms with E-state index < -0.39 is 10.0 Å². The number of primary sulfonamides is 1. The molecule has 8 heteroatoms. The number of nitrogens with zero attached hydrogens (tertiary/aromatic N) is 2. The lowest BCUT2D eigenvalue weighted by molar-refractivity contribution is 0.415. The number of imidazole rings is 1. The van der Waals surface area contributed by atoms with E-state index in [1.54, 1.807) is 12.3 Å². The zero-order valence-corrected chi connectivity index (χ0v) is 12.9. The number of aromatic nitrogens is 2. The third-order valence-electron chi connectivity index (χ3n) is 3.12. The van der Waals surface area contributed by atoms with Gasteiger partial charge < -0.3 is 14.6 Å². The Hall–Kier alpha value is -2.06. The van der Waals surface area contributed by atoms with Crippen molar-refractivity contribution in [3.05, 3.63) is 36.4 Å². The quantitative estimate of drug-likeness (QED) is 0.866. The smallest absolute Gasteiger partial charge is 0.238 e. The zero-order chi connectivity index (χ0) is 15.6. The highest BCUT2D eigenvalue weighted by Crippen LogP contribution is 2.30. The van der Waals surface area contributed by atoms with Crippen LogP contribution in [0.1, 0.15) is 18.8 Å². The Morgan fingerprint density at radius 1 is 1.43 bits per heavy atom. The van der Waals surface area contributed by atoms with Gasteiger partial charge in [-0.2, -0.15) is 0 Å². The van der Waals surface area contributed by atoms with Gasteiger partial charge in [-0.15, -0.1) is 0 Å². The van der Waals surface area contributed by atoms with Crippen molar-refractivity contribution in [3.8, 4) is 5.75 Å². The summed E-state index contributed by atoms with van der Waals surface area (Å²) in [6, 6.07) is 4.29. The fourth-order valence-corrected chi connectivity index (χ4v) is 2.61. The highest BCUT2D eigenvalue weighted by molar-refractivity contribution is 7.89. The molecule has 2 rings (SSSR count). The summed E-state index contributed by atoms with van der Waals surface area (Å²) in [5, 5.41) is 8.34. The van der Waals surface area contributed by atoms with Gasteiger partial charge in [0.05, 0.1) is 23.7 Å². The molecule has 0 aliphatic carbocycles. The lowest BCUT2D eigenvalue weighted by Gasteiger charge is -2.18. The van der Waals surface area contributed by atoms with Crippen LogP contribution in [0.3, 0.4) is 0 Å². The molecule has 0 bridgehead atoms. The second-order valence-electron chi connectivity index (χ2n) is 4.67. The van der Waals surface area contributed by atoms with E-state index in [2.05, 4.69) is 10.3 Å². The Kier molecular flexibility index (Phi) is 4.19. The number of hydrogen-bond donors (Lipinski definition) is 2. The van der Waals surface area contributed by atoms with Crippen LogP contribution < -0.4 is 15.2 Å². The number of benzene rings is 1. The Balaban J connectivity index is 2.36. The van der Waals surface area contributed by atoms with Crippen molar-refractivity contribution in [2.75, 3.05) is 12.4 Å². The monoisotopic (exact) mass is 310 g/mol. The number of hydrogen-bond acceptors (Lipinski definition) is 5. The molecular formula is C13H18N4O3S. The number of aryl methyl sites for hydroxylation is 1. The lowest BCUT2D eigenvalue weighted by atomic mass is 10.2. The van der Waals surface area contributed by atoms with Gasteiger partial charge in [0.2, 0.25) is 10.0 Å². The average molecular weight is 310 g/mol. The van der Waals surface area contributed by atoms with E-state index in [1.165, 1.54) is 19.2 Å². The molecule has 0 spiro atoms. The molecule has 1 aromatic heterocycles. The van der Waals surface area contributed by atoms with E-state index >= 15 is 0 Å². The first-order valence-corrected chi connectivity index (χ1v) is 7.82. The molecule has 1 atom stereocenters. The van der Waals surface area contributed by atoms with Gasteiger partial charge in [-0.3, -0.25) is 0 Å². The van der Waals surface area contributed by atoms with Crippen LogP contribution in [-0.2, 0) is 17.1 Å². The normalized spacial score (nSPS) is 13.0. The Labute approximate surface area is 123 Å². The molecule has 0 amide bonds. The SMILES string of the molecule is COc1ccc(S(N)(=O)=O)cc1NC(C)c1nccn1C. The molecule has 0 saturated carbocycles. The minimum atomic E-state index is -3.76. The first-order chi connectivity index (χ1) is 9.82.